The fourth-order valence-electron chi connectivity index (χ4n) is 2.13. The molecule has 0 aliphatic rings. The molecule has 0 radical (unpaired) electrons. The van der Waals surface area contributed by atoms with Gasteiger partial charge in [0, 0.05) is 12.1 Å². The molecule has 7 heteroatoms. The number of methoxy groups -OCH3 is 1. The van der Waals surface area contributed by atoms with E-state index >= 15 is 0 Å². The van der Waals surface area contributed by atoms with E-state index in [0.717, 1.165) is 0 Å². The highest BCUT2D eigenvalue weighted by Gasteiger charge is 2.22. The van der Waals surface area contributed by atoms with E-state index in [-0.39, 0.29) is 18.4 Å². The molecule has 0 saturated carbocycles. The van der Waals surface area contributed by atoms with Crippen LogP contribution >= 0.6 is 15.9 Å². The number of amides is 1. The number of rotatable bonds is 8. The lowest BCUT2D eigenvalue weighted by atomic mass is 10.1. The highest BCUT2D eigenvalue weighted by atomic mass is 79.9. The van der Waals surface area contributed by atoms with Crippen molar-refractivity contribution in [2.45, 2.75) is 20.8 Å². The lowest BCUT2D eigenvalue weighted by Gasteiger charge is -2.23. The first-order chi connectivity index (χ1) is 10.8. The minimum absolute atomic E-state index is 0.159. The van der Waals surface area contributed by atoms with Gasteiger partial charge in [-0.2, -0.15) is 0 Å². The van der Waals surface area contributed by atoms with Crippen LogP contribution in [-0.2, 0) is 4.79 Å². The van der Waals surface area contributed by atoms with Gasteiger partial charge in [0.1, 0.15) is 6.54 Å². The summed E-state index contributed by atoms with van der Waals surface area (Å²) in [6.07, 6.45) is 0. The number of carboxylic acid groups (broad SMARTS) is 1. The van der Waals surface area contributed by atoms with Gasteiger partial charge in [-0.25, -0.2) is 0 Å². The summed E-state index contributed by atoms with van der Waals surface area (Å²) in [5.74, 6) is -0.310. The molecule has 6 nitrogen and oxygen atoms in total. The van der Waals surface area contributed by atoms with Crippen LogP contribution in [0, 0.1) is 5.92 Å². The molecule has 0 spiro atoms. The standard InChI is InChI=1S/C16H22BrNO5/c1-5-23-15-12(17)6-11(7-13(15)22-4)16(21)18(8-10(2)3)9-14(19)20/h6-7,10H,5,8-9H2,1-4H3,(H,19,20). The summed E-state index contributed by atoms with van der Waals surface area (Å²) in [6.45, 7) is 6.18. The second-order valence-electron chi connectivity index (χ2n) is 5.40. The van der Waals surface area contributed by atoms with Gasteiger partial charge < -0.3 is 19.5 Å². The normalized spacial score (nSPS) is 10.5. The van der Waals surface area contributed by atoms with E-state index < -0.39 is 5.97 Å². The SMILES string of the molecule is CCOc1c(Br)cc(C(=O)N(CC(=O)O)CC(C)C)cc1OC. The molecule has 0 aliphatic heterocycles. The second kappa shape index (κ2) is 8.76. The van der Waals surface area contributed by atoms with E-state index in [1.165, 1.54) is 12.0 Å². The third-order valence-corrected chi connectivity index (χ3v) is 3.55. The largest absolute Gasteiger partial charge is 0.493 e. The maximum atomic E-state index is 12.7. The highest BCUT2D eigenvalue weighted by Crippen LogP contribution is 2.37. The molecule has 1 N–H and O–H groups in total. The van der Waals surface area contributed by atoms with Crippen LogP contribution in [0.4, 0.5) is 0 Å². The Labute approximate surface area is 144 Å². The number of carboxylic acids is 1. The first-order valence-corrected chi connectivity index (χ1v) is 8.10. The number of aliphatic carboxylic acids is 1. The summed E-state index contributed by atoms with van der Waals surface area (Å²) in [5.41, 5.74) is 0.346. The van der Waals surface area contributed by atoms with Crippen molar-refractivity contribution in [1.29, 1.82) is 0 Å². The Bertz CT molecular complexity index is 574. The van der Waals surface area contributed by atoms with Crippen LogP contribution in [0.25, 0.3) is 0 Å². The molecular weight excluding hydrogens is 366 g/mol. The Kier molecular flexibility index (Phi) is 7.35. The molecule has 0 saturated heterocycles. The Balaban J connectivity index is 3.18. The fourth-order valence-corrected chi connectivity index (χ4v) is 2.69. The van der Waals surface area contributed by atoms with E-state index in [1.807, 2.05) is 20.8 Å². The van der Waals surface area contributed by atoms with E-state index in [2.05, 4.69) is 15.9 Å². The molecule has 0 fully saturated rings. The van der Waals surface area contributed by atoms with Crippen LogP contribution < -0.4 is 9.47 Å². The molecule has 128 valence electrons. The Morgan fingerprint density at radius 1 is 1.35 bits per heavy atom. The summed E-state index contributed by atoms with van der Waals surface area (Å²) in [7, 11) is 1.49. The van der Waals surface area contributed by atoms with Gasteiger partial charge in [0.15, 0.2) is 11.5 Å². The lowest BCUT2D eigenvalue weighted by molar-refractivity contribution is -0.137. The molecule has 1 amide bonds. The van der Waals surface area contributed by atoms with E-state index in [1.54, 1.807) is 12.1 Å². The summed E-state index contributed by atoms with van der Waals surface area (Å²) >= 11 is 3.37. The molecule has 0 unspecified atom stereocenters. The van der Waals surface area contributed by atoms with Crippen LogP contribution in [-0.4, -0.2) is 48.7 Å². The average molecular weight is 388 g/mol. The number of carbonyl (C=O) groups excluding carboxylic acids is 1. The molecular formula is C16H22BrNO5. The number of hydrogen-bond acceptors (Lipinski definition) is 4. The summed E-state index contributed by atoms with van der Waals surface area (Å²) in [5, 5.41) is 9.01. The minimum atomic E-state index is -1.05. The quantitative estimate of drug-likeness (QED) is 0.741. The number of nitrogens with zero attached hydrogens (tertiary/aromatic N) is 1. The molecule has 23 heavy (non-hydrogen) atoms. The van der Waals surface area contributed by atoms with Gasteiger partial charge in [-0.1, -0.05) is 13.8 Å². The van der Waals surface area contributed by atoms with Crippen LogP contribution in [0.3, 0.4) is 0 Å². The number of halogens is 1. The van der Waals surface area contributed by atoms with Crippen molar-refractivity contribution in [3.8, 4) is 11.5 Å². The van der Waals surface area contributed by atoms with Gasteiger partial charge in [-0.3, -0.25) is 9.59 Å². The zero-order valence-corrected chi connectivity index (χ0v) is 15.3. The maximum Gasteiger partial charge on any atom is 0.323 e. The summed E-state index contributed by atoms with van der Waals surface area (Å²) in [4.78, 5) is 25.0. The zero-order valence-electron chi connectivity index (χ0n) is 13.8. The zero-order chi connectivity index (χ0) is 17.6. The minimum Gasteiger partial charge on any atom is -0.493 e. The smallest absolute Gasteiger partial charge is 0.323 e. The molecule has 0 aliphatic carbocycles. The van der Waals surface area contributed by atoms with Crippen molar-refractivity contribution in [1.82, 2.24) is 4.90 Å². The van der Waals surface area contributed by atoms with Gasteiger partial charge in [0.2, 0.25) is 0 Å². The van der Waals surface area contributed by atoms with Crippen LogP contribution in [0.1, 0.15) is 31.1 Å². The number of ether oxygens (including phenoxy) is 2. The van der Waals surface area contributed by atoms with Crippen molar-refractivity contribution in [2.75, 3.05) is 26.8 Å². The van der Waals surface area contributed by atoms with Crippen molar-refractivity contribution in [2.24, 2.45) is 5.92 Å². The van der Waals surface area contributed by atoms with Crippen LogP contribution in [0.5, 0.6) is 11.5 Å². The number of carbonyl (C=O) groups is 2. The van der Waals surface area contributed by atoms with E-state index in [0.29, 0.717) is 34.7 Å². The van der Waals surface area contributed by atoms with Crippen molar-refractivity contribution in [3.05, 3.63) is 22.2 Å². The third-order valence-electron chi connectivity index (χ3n) is 2.96. The summed E-state index contributed by atoms with van der Waals surface area (Å²) in [6, 6.07) is 3.18. The number of hydrogen-bond donors (Lipinski definition) is 1. The lowest BCUT2D eigenvalue weighted by Crippen LogP contribution is -2.38. The molecule has 0 heterocycles. The first kappa shape index (κ1) is 19.3. The molecule has 1 aromatic rings. The Morgan fingerprint density at radius 3 is 2.48 bits per heavy atom. The maximum absolute atomic E-state index is 12.7. The van der Waals surface area contributed by atoms with Crippen molar-refractivity contribution in [3.63, 3.8) is 0 Å². The molecule has 0 bridgehead atoms. The molecule has 1 rings (SSSR count). The van der Waals surface area contributed by atoms with E-state index in [9.17, 15) is 9.59 Å². The van der Waals surface area contributed by atoms with Gasteiger partial charge >= 0.3 is 5.97 Å². The van der Waals surface area contributed by atoms with Crippen molar-refractivity contribution < 1.29 is 24.2 Å². The predicted molar refractivity (Wildman–Crippen MR) is 90.2 cm³/mol. The van der Waals surface area contributed by atoms with Crippen LogP contribution in [0.2, 0.25) is 0 Å². The molecule has 1 aromatic carbocycles. The molecule has 0 atom stereocenters. The Morgan fingerprint density at radius 2 is 2.00 bits per heavy atom. The Hall–Kier alpha value is -1.76. The number of benzene rings is 1. The second-order valence-corrected chi connectivity index (χ2v) is 6.25. The highest BCUT2D eigenvalue weighted by molar-refractivity contribution is 9.10. The predicted octanol–water partition coefficient (Wildman–Crippen LogP) is 3.04. The topological polar surface area (TPSA) is 76.1 Å². The van der Waals surface area contributed by atoms with Crippen molar-refractivity contribution >= 4 is 27.8 Å². The monoisotopic (exact) mass is 387 g/mol. The van der Waals surface area contributed by atoms with E-state index in [4.69, 9.17) is 14.6 Å². The summed E-state index contributed by atoms with van der Waals surface area (Å²) < 4.78 is 11.3. The third kappa shape index (κ3) is 5.42. The van der Waals surface area contributed by atoms with Crippen LogP contribution in [0.15, 0.2) is 16.6 Å². The molecule has 0 aromatic heterocycles. The van der Waals surface area contributed by atoms with Gasteiger partial charge in [0.05, 0.1) is 18.2 Å². The average Bonchev–Trinajstić information content (AvgIpc) is 2.46. The van der Waals surface area contributed by atoms with Gasteiger partial charge in [-0.05, 0) is 40.9 Å². The van der Waals surface area contributed by atoms with Gasteiger partial charge in [-0.15, -0.1) is 0 Å². The first-order valence-electron chi connectivity index (χ1n) is 7.31. The fraction of sp³-hybridized carbons (Fsp3) is 0.500. The van der Waals surface area contributed by atoms with Gasteiger partial charge in [0.25, 0.3) is 5.91 Å².